The number of esters is 1. The molecule has 2 saturated carbocycles. The molecule has 11 heteroatoms. The minimum atomic E-state index is -0.780. The van der Waals surface area contributed by atoms with Crippen LogP contribution in [-0.2, 0) is 23.8 Å². The van der Waals surface area contributed by atoms with Gasteiger partial charge >= 0.3 is 12.1 Å². The number of likely N-dealkylation sites (tertiary alicyclic amines) is 1. The number of hydrogen-bond donors (Lipinski definition) is 2. The molecule has 268 valence electrons. The van der Waals surface area contributed by atoms with Crippen LogP contribution in [-0.4, -0.2) is 72.8 Å². The van der Waals surface area contributed by atoms with Gasteiger partial charge in [-0.2, -0.15) is 0 Å². The molecule has 0 aromatic heterocycles. The molecule has 2 N–H and O–H groups in total. The molecule has 10 nitrogen and oxygen atoms in total. The molecular weight excluding hydrogens is 617 g/mol. The van der Waals surface area contributed by atoms with E-state index < -0.39 is 29.5 Å². The number of halogens is 1. The van der Waals surface area contributed by atoms with E-state index in [4.69, 9.17) is 14.2 Å². The molecule has 1 aliphatic heterocycles. The van der Waals surface area contributed by atoms with Crippen LogP contribution < -0.4 is 10.6 Å². The molecule has 0 spiro atoms. The van der Waals surface area contributed by atoms with Gasteiger partial charge in [-0.15, -0.1) is 0 Å². The molecule has 48 heavy (non-hydrogen) atoms. The van der Waals surface area contributed by atoms with Gasteiger partial charge in [0.25, 0.3) is 0 Å². The molecule has 1 heterocycles. The molecule has 3 aliphatic rings. The number of rotatable bonds is 12. The number of ether oxygens (including phenoxy) is 3. The van der Waals surface area contributed by atoms with Crippen molar-refractivity contribution in [1.82, 2.24) is 10.2 Å². The molecule has 0 bridgehead atoms. The highest BCUT2D eigenvalue weighted by Crippen LogP contribution is 2.41. The van der Waals surface area contributed by atoms with Crippen molar-refractivity contribution in [3.63, 3.8) is 0 Å². The van der Waals surface area contributed by atoms with Crippen LogP contribution in [0.5, 0.6) is 0 Å². The molecule has 3 amide bonds. The zero-order valence-electron chi connectivity index (χ0n) is 29.5. The molecule has 2 aliphatic carbocycles. The van der Waals surface area contributed by atoms with Crippen molar-refractivity contribution in [3.8, 4) is 0 Å². The lowest BCUT2D eigenvalue weighted by molar-refractivity contribution is -0.142. The van der Waals surface area contributed by atoms with Crippen molar-refractivity contribution < 1.29 is 37.8 Å². The highest BCUT2D eigenvalue weighted by molar-refractivity contribution is 5.98. The SMILES string of the molecule is CCOCCCOC(=O)c1ccc(NC(=O)[C@@H]2[C@H](C3CCCCC3)CCN2C(=O)[C@H]2CC[C@H](C(C)NC(=O)OC(C)(C)C)CC2)cc1F. The third-order valence-electron chi connectivity index (χ3n) is 10.2. The van der Waals surface area contributed by atoms with E-state index in [9.17, 15) is 19.2 Å². The summed E-state index contributed by atoms with van der Waals surface area (Å²) in [6.45, 7) is 11.0. The van der Waals surface area contributed by atoms with Gasteiger partial charge in [0.15, 0.2) is 0 Å². The third kappa shape index (κ3) is 10.4. The molecule has 1 aromatic carbocycles. The van der Waals surface area contributed by atoms with Crippen LogP contribution in [0.25, 0.3) is 0 Å². The Morgan fingerprint density at radius 2 is 1.69 bits per heavy atom. The number of carbonyl (C=O) groups is 4. The highest BCUT2D eigenvalue weighted by atomic mass is 19.1. The van der Waals surface area contributed by atoms with E-state index in [0.29, 0.717) is 44.9 Å². The molecule has 4 rings (SSSR count). The summed E-state index contributed by atoms with van der Waals surface area (Å²) in [5.74, 6) is -1.40. The van der Waals surface area contributed by atoms with Crippen LogP contribution in [0.2, 0.25) is 0 Å². The van der Waals surface area contributed by atoms with Crippen LogP contribution in [0, 0.1) is 29.5 Å². The Hall–Kier alpha value is -3.21. The fourth-order valence-electron chi connectivity index (χ4n) is 7.69. The molecule has 3 fully saturated rings. The molecular formula is C37H56FN3O7. The molecule has 0 radical (unpaired) electrons. The van der Waals surface area contributed by atoms with E-state index >= 15 is 4.39 Å². The lowest BCUT2D eigenvalue weighted by Crippen LogP contribution is -2.50. The summed E-state index contributed by atoms with van der Waals surface area (Å²) in [5, 5.41) is 5.83. The van der Waals surface area contributed by atoms with E-state index in [1.807, 2.05) is 34.6 Å². The van der Waals surface area contributed by atoms with Gasteiger partial charge in [-0.05, 0) is 103 Å². The largest absolute Gasteiger partial charge is 0.462 e. The second kappa shape index (κ2) is 17.4. The standard InChI is InChI=1S/C37H56FN3O7/c1-6-46-21-10-22-47-35(44)30-18-17-28(23-31(30)38)40-33(42)32-29(26-11-8-7-9-12-26)19-20-41(32)34(43)27-15-13-25(14-16-27)24(2)39-36(45)48-37(3,4)5/h17-18,23-27,29,32H,6-16,19-22H2,1-5H3,(H,39,45)(H,40,42)/t24?,25-,27-,29-,32-/m0/s1. The van der Waals surface area contributed by atoms with Gasteiger partial charge in [-0.3, -0.25) is 9.59 Å². The number of anilines is 1. The molecule has 3 atom stereocenters. The number of benzene rings is 1. The lowest BCUT2D eigenvalue weighted by atomic mass is 9.76. The zero-order valence-corrected chi connectivity index (χ0v) is 29.5. The number of amides is 3. The fourth-order valence-corrected chi connectivity index (χ4v) is 7.69. The summed E-state index contributed by atoms with van der Waals surface area (Å²) in [5.41, 5.74) is -0.537. The van der Waals surface area contributed by atoms with Gasteiger partial charge in [-0.25, -0.2) is 14.0 Å². The van der Waals surface area contributed by atoms with E-state index in [-0.39, 0.29) is 53.5 Å². The summed E-state index contributed by atoms with van der Waals surface area (Å²) in [6.07, 6.45) is 9.34. The van der Waals surface area contributed by atoms with Crippen LogP contribution in [0.15, 0.2) is 18.2 Å². The van der Waals surface area contributed by atoms with E-state index in [2.05, 4.69) is 10.6 Å². The van der Waals surface area contributed by atoms with Crippen molar-refractivity contribution in [3.05, 3.63) is 29.6 Å². The minimum absolute atomic E-state index is 0.00766. The summed E-state index contributed by atoms with van der Waals surface area (Å²) >= 11 is 0. The van der Waals surface area contributed by atoms with Crippen molar-refractivity contribution in [2.75, 3.05) is 31.7 Å². The van der Waals surface area contributed by atoms with Crippen LogP contribution in [0.1, 0.15) is 116 Å². The number of hydrogen-bond acceptors (Lipinski definition) is 7. The number of alkyl carbamates (subject to hydrolysis) is 1. The summed E-state index contributed by atoms with van der Waals surface area (Å²) < 4.78 is 30.9. The molecule has 1 saturated heterocycles. The normalized spacial score (nSPS) is 24.1. The summed E-state index contributed by atoms with van der Waals surface area (Å²) in [6, 6.07) is 3.25. The summed E-state index contributed by atoms with van der Waals surface area (Å²) in [4.78, 5) is 54.6. The Morgan fingerprint density at radius 3 is 2.33 bits per heavy atom. The predicted molar refractivity (Wildman–Crippen MR) is 181 cm³/mol. The van der Waals surface area contributed by atoms with E-state index in [1.54, 1.807) is 4.90 Å². The maximum atomic E-state index is 15.0. The highest BCUT2D eigenvalue weighted by Gasteiger charge is 2.47. The van der Waals surface area contributed by atoms with Gasteiger partial charge in [0.1, 0.15) is 17.5 Å². The average molecular weight is 674 g/mol. The fraction of sp³-hybridized carbons (Fsp3) is 0.730. The topological polar surface area (TPSA) is 123 Å². The van der Waals surface area contributed by atoms with Crippen molar-refractivity contribution in [2.24, 2.45) is 23.7 Å². The van der Waals surface area contributed by atoms with Crippen LogP contribution >= 0.6 is 0 Å². The Bertz CT molecular complexity index is 1250. The van der Waals surface area contributed by atoms with E-state index in [0.717, 1.165) is 51.0 Å². The van der Waals surface area contributed by atoms with Crippen molar-refractivity contribution >= 4 is 29.6 Å². The lowest BCUT2D eigenvalue weighted by Gasteiger charge is -2.37. The number of carbonyl (C=O) groups excluding carboxylic acids is 4. The average Bonchev–Trinajstić information content (AvgIpc) is 3.49. The van der Waals surface area contributed by atoms with Gasteiger partial charge < -0.3 is 29.7 Å². The second-order valence-electron chi connectivity index (χ2n) is 14.7. The quantitative estimate of drug-likeness (QED) is 0.184. The van der Waals surface area contributed by atoms with Gasteiger partial charge in [0.2, 0.25) is 11.8 Å². The zero-order chi connectivity index (χ0) is 34.8. The first-order chi connectivity index (χ1) is 22.9. The maximum Gasteiger partial charge on any atom is 0.407 e. The van der Waals surface area contributed by atoms with Crippen molar-refractivity contribution in [2.45, 2.75) is 123 Å². The van der Waals surface area contributed by atoms with E-state index in [1.165, 1.54) is 18.6 Å². The van der Waals surface area contributed by atoms with Gasteiger partial charge in [-0.1, -0.05) is 32.1 Å². The predicted octanol–water partition coefficient (Wildman–Crippen LogP) is 6.86. The smallest absolute Gasteiger partial charge is 0.407 e. The van der Waals surface area contributed by atoms with Gasteiger partial charge in [0, 0.05) is 43.8 Å². The maximum absolute atomic E-state index is 15.0. The Kier molecular flexibility index (Phi) is 13.7. The van der Waals surface area contributed by atoms with Gasteiger partial charge in [0.05, 0.1) is 12.2 Å². The Labute approximate surface area is 285 Å². The Balaban J connectivity index is 1.39. The second-order valence-corrected chi connectivity index (χ2v) is 14.7. The third-order valence-corrected chi connectivity index (χ3v) is 10.2. The van der Waals surface area contributed by atoms with Crippen molar-refractivity contribution in [1.29, 1.82) is 0 Å². The monoisotopic (exact) mass is 673 g/mol. The summed E-state index contributed by atoms with van der Waals surface area (Å²) in [7, 11) is 0. The minimum Gasteiger partial charge on any atom is -0.462 e. The molecule has 1 aromatic rings. The first-order valence-electron chi connectivity index (χ1n) is 18.0. The van der Waals surface area contributed by atoms with Crippen LogP contribution in [0.4, 0.5) is 14.9 Å². The Morgan fingerprint density at radius 1 is 0.979 bits per heavy atom. The first kappa shape index (κ1) is 37.6. The number of nitrogens with one attached hydrogen (secondary N) is 2. The number of nitrogens with zero attached hydrogens (tertiary/aromatic N) is 1. The first-order valence-corrected chi connectivity index (χ1v) is 18.0. The molecule has 1 unspecified atom stereocenters. The van der Waals surface area contributed by atoms with Crippen LogP contribution in [0.3, 0.4) is 0 Å².